The van der Waals surface area contributed by atoms with E-state index in [-0.39, 0.29) is 72.0 Å². The van der Waals surface area contributed by atoms with Gasteiger partial charge in [0.05, 0.1) is 12.0 Å². The van der Waals surface area contributed by atoms with Crippen LogP contribution in [0.2, 0.25) is 0 Å². The number of carbonyl (C=O) groups is 5. The Balaban J connectivity index is 1.56. The molecule has 0 spiro atoms. The van der Waals surface area contributed by atoms with Gasteiger partial charge in [-0.25, -0.2) is 9.37 Å². The maximum absolute atomic E-state index is 14.7. The lowest BCUT2D eigenvalue weighted by molar-refractivity contribution is -0.142. The molecule has 2 aromatic carbocycles. The molecule has 11 nitrogen and oxygen atoms in total. The standard InChI is InChI=1S/C42H56FN5O6S/c1-7-27(4)37(46-39(51)34-15-11-12-20-47(34)6)41(52)48(24-30-13-9-8-10-14-30)35(26(2)3)23-36(49)40-45-33(25-55-40)38(50)44-32(21-28(5)42(53)54)22-29-16-18-31(43)19-17-29/h8-10,13-14,16-19,25-28,32,34-35,37H,7,11-12,15,20-24H2,1-6H3,(H,44,50)(H,46,51)(H,53,54)/t27?,28-,32+,34?,35+,37?/m0/s1. The summed E-state index contributed by atoms with van der Waals surface area (Å²) in [6.07, 6.45) is 3.71. The fourth-order valence-corrected chi connectivity index (χ4v) is 7.78. The Kier molecular flexibility index (Phi) is 16.1. The quantitative estimate of drug-likeness (QED) is 0.119. The molecule has 1 saturated heterocycles. The van der Waals surface area contributed by atoms with Gasteiger partial charge in [0.2, 0.25) is 11.8 Å². The zero-order chi connectivity index (χ0) is 40.2. The molecule has 298 valence electrons. The van der Waals surface area contributed by atoms with Gasteiger partial charge in [-0.2, -0.15) is 0 Å². The smallest absolute Gasteiger partial charge is 0.306 e. The molecule has 0 aliphatic carbocycles. The van der Waals surface area contributed by atoms with Gasteiger partial charge in [0.1, 0.15) is 17.6 Å². The highest BCUT2D eigenvalue weighted by Crippen LogP contribution is 2.26. The molecule has 0 saturated carbocycles. The van der Waals surface area contributed by atoms with E-state index in [2.05, 4.69) is 15.6 Å². The summed E-state index contributed by atoms with van der Waals surface area (Å²) < 4.78 is 13.5. The van der Waals surface area contributed by atoms with Gasteiger partial charge in [-0.05, 0) is 74.4 Å². The molecule has 1 aliphatic heterocycles. The van der Waals surface area contributed by atoms with Crippen LogP contribution in [-0.4, -0.2) is 87.1 Å². The molecule has 3 aromatic rings. The fraction of sp³-hybridized carbons (Fsp3) is 0.524. The lowest BCUT2D eigenvalue weighted by Crippen LogP contribution is -2.58. The molecule has 1 aliphatic rings. The number of ketones is 1. The lowest BCUT2D eigenvalue weighted by atomic mass is 9.92. The van der Waals surface area contributed by atoms with E-state index in [1.54, 1.807) is 24.0 Å². The summed E-state index contributed by atoms with van der Waals surface area (Å²) >= 11 is 1.03. The van der Waals surface area contributed by atoms with E-state index >= 15 is 0 Å². The van der Waals surface area contributed by atoms with E-state index < -0.39 is 41.7 Å². The van der Waals surface area contributed by atoms with Gasteiger partial charge in [0, 0.05) is 30.4 Å². The Morgan fingerprint density at radius 1 is 0.982 bits per heavy atom. The number of aliphatic carboxylic acids is 1. The number of Topliss-reactive ketones (excluding diaryl/α,β-unsaturated/α-hetero) is 1. The Bertz CT molecular complexity index is 1750. The molecular weight excluding hydrogens is 722 g/mol. The summed E-state index contributed by atoms with van der Waals surface area (Å²) in [5.41, 5.74) is 1.63. The first-order valence-electron chi connectivity index (χ1n) is 19.3. The third-order valence-electron chi connectivity index (χ3n) is 10.7. The number of thiazole rings is 1. The first-order chi connectivity index (χ1) is 26.2. The predicted molar refractivity (Wildman–Crippen MR) is 211 cm³/mol. The lowest BCUT2D eigenvalue weighted by Gasteiger charge is -2.39. The van der Waals surface area contributed by atoms with Gasteiger partial charge in [-0.3, -0.25) is 28.9 Å². The van der Waals surface area contributed by atoms with E-state index in [0.29, 0.717) is 6.42 Å². The van der Waals surface area contributed by atoms with Gasteiger partial charge in [-0.1, -0.05) is 89.9 Å². The number of halogens is 1. The predicted octanol–water partition coefficient (Wildman–Crippen LogP) is 6.38. The van der Waals surface area contributed by atoms with E-state index in [1.165, 1.54) is 17.5 Å². The molecule has 55 heavy (non-hydrogen) atoms. The van der Waals surface area contributed by atoms with Crippen LogP contribution < -0.4 is 10.6 Å². The van der Waals surface area contributed by atoms with Crippen LogP contribution in [0.25, 0.3) is 0 Å². The van der Waals surface area contributed by atoms with E-state index in [9.17, 15) is 33.5 Å². The highest BCUT2D eigenvalue weighted by molar-refractivity contribution is 7.12. The molecular formula is C42H56FN5O6S. The Labute approximate surface area is 328 Å². The second-order valence-corrected chi connectivity index (χ2v) is 16.1. The maximum Gasteiger partial charge on any atom is 0.306 e. The Morgan fingerprint density at radius 2 is 1.67 bits per heavy atom. The van der Waals surface area contributed by atoms with Crippen molar-refractivity contribution in [2.45, 2.75) is 110 Å². The normalized spacial score (nSPS) is 17.4. The molecule has 3 unspecified atom stereocenters. The molecule has 13 heteroatoms. The molecule has 3 N–H and O–H groups in total. The number of hydrogen-bond donors (Lipinski definition) is 3. The summed E-state index contributed by atoms with van der Waals surface area (Å²) in [6.45, 7) is 10.5. The number of carboxylic acids is 1. The number of hydrogen-bond acceptors (Lipinski definition) is 8. The number of aromatic nitrogens is 1. The van der Waals surface area contributed by atoms with E-state index in [4.69, 9.17) is 0 Å². The number of carbonyl (C=O) groups excluding carboxylic acids is 4. The van der Waals surface area contributed by atoms with Crippen molar-refractivity contribution in [3.05, 3.63) is 87.6 Å². The number of rotatable bonds is 19. The molecule has 2 heterocycles. The molecule has 6 atom stereocenters. The Hall–Kier alpha value is -4.49. The summed E-state index contributed by atoms with van der Waals surface area (Å²) in [7, 11) is 1.94. The second-order valence-electron chi connectivity index (χ2n) is 15.3. The number of likely N-dealkylation sites (tertiary alicyclic amines) is 1. The number of amides is 3. The minimum absolute atomic E-state index is 0.0194. The largest absolute Gasteiger partial charge is 0.481 e. The SMILES string of the molecule is CCC(C)C(NC(=O)C1CCCCN1C)C(=O)N(Cc1ccccc1)[C@H](CC(=O)c1nc(C(=O)N[C@@H](Cc2ccc(F)cc2)C[C@H](C)C(=O)O)cs1)C(C)C. The van der Waals surface area contributed by atoms with Gasteiger partial charge in [0.15, 0.2) is 10.8 Å². The average Bonchev–Trinajstić information content (AvgIpc) is 3.67. The molecule has 1 aromatic heterocycles. The minimum Gasteiger partial charge on any atom is -0.481 e. The summed E-state index contributed by atoms with van der Waals surface area (Å²) in [6, 6.07) is 13.1. The van der Waals surface area contributed by atoms with E-state index in [0.717, 1.165) is 48.3 Å². The third kappa shape index (κ3) is 12.3. The van der Waals surface area contributed by atoms with Gasteiger partial charge >= 0.3 is 5.97 Å². The monoisotopic (exact) mass is 777 g/mol. The van der Waals surface area contributed by atoms with Crippen molar-refractivity contribution in [2.24, 2.45) is 17.8 Å². The van der Waals surface area contributed by atoms with Crippen LogP contribution in [0.4, 0.5) is 4.39 Å². The second kappa shape index (κ2) is 20.4. The van der Waals surface area contributed by atoms with Crippen molar-refractivity contribution in [3.8, 4) is 0 Å². The van der Waals surface area contributed by atoms with Crippen LogP contribution in [0.15, 0.2) is 60.0 Å². The molecule has 1 fully saturated rings. The van der Waals surface area contributed by atoms with E-state index in [1.807, 2.05) is 70.0 Å². The molecule has 0 bridgehead atoms. The zero-order valence-corrected chi connectivity index (χ0v) is 33.6. The topological polar surface area (TPSA) is 149 Å². The number of carboxylic acid groups (broad SMARTS) is 1. The summed E-state index contributed by atoms with van der Waals surface area (Å²) in [4.78, 5) is 75.6. The maximum atomic E-state index is 14.7. The molecule has 0 radical (unpaired) electrons. The number of nitrogens with one attached hydrogen (secondary N) is 2. The number of benzene rings is 2. The van der Waals surface area contributed by atoms with Gasteiger partial charge in [0.25, 0.3) is 5.91 Å². The highest BCUT2D eigenvalue weighted by Gasteiger charge is 2.38. The van der Waals surface area contributed by atoms with Crippen molar-refractivity contribution >= 4 is 40.8 Å². The number of nitrogens with zero attached hydrogens (tertiary/aromatic N) is 3. The average molecular weight is 778 g/mol. The summed E-state index contributed by atoms with van der Waals surface area (Å²) in [5, 5.41) is 17.1. The third-order valence-corrected chi connectivity index (χ3v) is 11.5. The first-order valence-corrected chi connectivity index (χ1v) is 20.2. The minimum atomic E-state index is -1.01. The van der Waals surface area contributed by atoms with Crippen LogP contribution in [0.1, 0.15) is 105 Å². The van der Waals surface area contributed by atoms with Crippen LogP contribution in [0, 0.1) is 23.6 Å². The number of piperidine rings is 1. The van der Waals surface area contributed by atoms with Crippen LogP contribution in [0.3, 0.4) is 0 Å². The van der Waals surface area contributed by atoms with Crippen molar-refractivity contribution in [2.75, 3.05) is 13.6 Å². The van der Waals surface area contributed by atoms with Crippen LogP contribution in [-0.2, 0) is 27.3 Å². The van der Waals surface area contributed by atoms with Gasteiger partial charge in [-0.15, -0.1) is 11.3 Å². The van der Waals surface area contributed by atoms with Crippen molar-refractivity contribution in [1.82, 2.24) is 25.4 Å². The van der Waals surface area contributed by atoms with Crippen molar-refractivity contribution in [1.29, 1.82) is 0 Å². The highest BCUT2D eigenvalue weighted by atomic mass is 32.1. The molecule has 3 amide bonds. The van der Waals surface area contributed by atoms with Crippen molar-refractivity contribution < 1.29 is 33.5 Å². The first kappa shape index (κ1) is 43.2. The van der Waals surface area contributed by atoms with Gasteiger partial charge < -0.3 is 20.6 Å². The van der Waals surface area contributed by atoms with Crippen LogP contribution >= 0.6 is 11.3 Å². The fourth-order valence-electron chi connectivity index (χ4n) is 7.03. The Morgan fingerprint density at radius 3 is 2.29 bits per heavy atom. The van der Waals surface area contributed by atoms with Crippen molar-refractivity contribution in [3.63, 3.8) is 0 Å². The number of likely N-dealkylation sites (N-methyl/N-ethyl adjacent to an activating group) is 1. The van der Waals surface area contributed by atoms with Crippen LogP contribution in [0.5, 0.6) is 0 Å². The molecule has 4 rings (SSSR count). The summed E-state index contributed by atoms with van der Waals surface area (Å²) in [5.74, 6) is -3.79. The zero-order valence-electron chi connectivity index (χ0n) is 32.8.